The molecule has 0 aliphatic heterocycles. The first-order valence-electron chi connectivity index (χ1n) is 7.90. The standard InChI is InChI=1S/C20H19ClN2O/c1-13-17-8-3-4-9-19(17)23-14(2)18(13)11-20(24)22-12-15-6-5-7-16(21)10-15/h3-10H,11-12H2,1-2H3,(H,22,24). The van der Waals surface area contributed by atoms with Crippen LogP contribution in [-0.2, 0) is 17.8 Å². The molecule has 4 heteroatoms. The molecular weight excluding hydrogens is 320 g/mol. The fourth-order valence-electron chi connectivity index (χ4n) is 2.90. The van der Waals surface area contributed by atoms with E-state index in [9.17, 15) is 4.79 Å². The Hall–Kier alpha value is -2.39. The van der Waals surface area contributed by atoms with Gasteiger partial charge in [-0.1, -0.05) is 41.9 Å². The molecule has 0 saturated carbocycles. The summed E-state index contributed by atoms with van der Waals surface area (Å²) < 4.78 is 0. The molecule has 0 spiro atoms. The predicted octanol–water partition coefficient (Wildman–Crippen LogP) is 4.36. The number of rotatable bonds is 4. The van der Waals surface area contributed by atoms with E-state index in [1.807, 2.05) is 55.5 Å². The highest BCUT2D eigenvalue weighted by atomic mass is 35.5. The molecule has 1 amide bonds. The van der Waals surface area contributed by atoms with E-state index in [1.54, 1.807) is 0 Å². The van der Waals surface area contributed by atoms with Crippen molar-refractivity contribution in [3.05, 3.63) is 75.9 Å². The number of benzene rings is 2. The Kier molecular flexibility index (Phi) is 4.81. The normalized spacial score (nSPS) is 10.8. The Morgan fingerprint density at radius 1 is 1.12 bits per heavy atom. The van der Waals surface area contributed by atoms with Crippen molar-refractivity contribution >= 4 is 28.4 Å². The Morgan fingerprint density at radius 2 is 1.92 bits per heavy atom. The van der Waals surface area contributed by atoms with Crippen molar-refractivity contribution in [2.45, 2.75) is 26.8 Å². The number of nitrogens with one attached hydrogen (secondary N) is 1. The van der Waals surface area contributed by atoms with Crippen LogP contribution in [0.2, 0.25) is 5.02 Å². The molecule has 3 nitrogen and oxygen atoms in total. The number of carbonyl (C=O) groups excluding carboxylic acids is 1. The van der Waals surface area contributed by atoms with Crippen LogP contribution < -0.4 is 5.32 Å². The van der Waals surface area contributed by atoms with Crippen molar-refractivity contribution in [2.75, 3.05) is 0 Å². The van der Waals surface area contributed by atoms with Crippen LogP contribution >= 0.6 is 11.6 Å². The van der Waals surface area contributed by atoms with E-state index in [2.05, 4.69) is 17.2 Å². The number of fused-ring (bicyclic) bond motifs is 1. The number of aryl methyl sites for hydroxylation is 2. The maximum atomic E-state index is 12.3. The summed E-state index contributed by atoms with van der Waals surface area (Å²) in [7, 11) is 0. The van der Waals surface area contributed by atoms with Gasteiger partial charge in [-0.2, -0.15) is 0 Å². The molecule has 0 radical (unpaired) electrons. The summed E-state index contributed by atoms with van der Waals surface area (Å²) in [6, 6.07) is 15.5. The molecule has 0 aliphatic carbocycles. The van der Waals surface area contributed by atoms with Gasteiger partial charge in [0.15, 0.2) is 0 Å². The third-order valence-electron chi connectivity index (χ3n) is 4.20. The maximum Gasteiger partial charge on any atom is 0.224 e. The number of halogens is 1. The molecule has 122 valence electrons. The molecular formula is C20H19ClN2O. The lowest BCUT2D eigenvalue weighted by Gasteiger charge is -2.13. The van der Waals surface area contributed by atoms with Gasteiger partial charge in [0.05, 0.1) is 11.9 Å². The van der Waals surface area contributed by atoms with E-state index in [0.29, 0.717) is 18.0 Å². The van der Waals surface area contributed by atoms with Crippen molar-refractivity contribution in [2.24, 2.45) is 0 Å². The zero-order chi connectivity index (χ0) is 17.1. The van der Waals surface area contributed by atoms with E-state index < -0.39 is 0 Å². The maximum absolute atomic E-state index is 12.3. The summed E-state index contributed by atoms with van der Waals surface area (Å²) in [5.74, 6) is -0.0155. The molecule has 3 aromatic rings. The molecule has 2 aromatic carbocycles. The molecule has 0 fully saturated rings. The molecule has 0 bridgehead atoms. The van der Waals surface area contributed by atoms with Gasteiger partial charge in [-0.15, -0.1) is 0 Å². The Balaban J connectivity index is 1.76. The minimum atomic E-state index is -0.0155. The van der Waals surface area contributed by atoms with Crippen LogP contribution in [0.1, 0.15) is 22.4 Å². The third kappa shape index (κ3) is 3.57. The zero-order valence-electron chi connectivity index (χ0n) is 13.8. The number of para-hydroxylation sites is 1. The highest BCUT2D eigenvalue weighted by molar-refractivity contribution is 6.30. The van der Waals surface area contributed by atoms with Crippen molar-refractivity contribution < 1.29 is 4.79 Å². The second-order valence-corrected chi connectivity index (χ2v) is 6.34. The predicted molar refractivity (Wildman–Crippen MR) is 98.2 cm³/mol. The lowest BCUT2D eigenvalue weighted by Crippen LogP contribution is -2.25. The lowest BCUT2D eigenvalue weighted by atomic mass is 9.99. The molecule has 0 aliphatic rings. The summed E-state index contributed by atoms with van der Waals surface area (Å²) in [6.07, 6.45) is 0.329. The smallest absolute Gasteiger partial charge is 0.224 e. The van der Waals surface area contributed by atoms with Gasteiger partial charge in [-0.3, -0.25) is 9.78 Å². The fourth-order valence-corrected chi connectivity index (χ4v) is 3.11. The first kappa shape index (κ1) is 16.5. The van der Waals surface area contributed by atoms with Gasteiger partial charge in [0.2, 0.25) is 5.91 Å². The molecule has 1 heterocycles. The highest BCUT2D eigenvalue weighted by Gasteiger charge is 2.12. The number of carbonyl (C=O) groups is 1. The molecule has 3 rings (SSSR count). The van der Waals surface area contributed by atoms with Gasteiger partial charge in [0.1, 0.15) is 0 Å². The first-order valence-corrected chi connectivity index (χ1v) is 8.28. The molecule has 0 unspecified atom stereocenters. The van der Waals surface area contributed by atoms with Crippen LogP contribution in [0, 0.1) is 13.8 Å². The van der Waals surface area contributed by atoms with Gasteiger partial charge in [0.25, 0.3) is 0 Å². The number of hydrogen-bond acceptors (Lipinski definition) is 2. The zero-order valence-corrected chi connectivity index (χ0v) is 14.5. The largest absolute Gasteiger partial charge is 0.352 e. The Morgan fingerprint density at radius 3 is 2.71 bits per heavy atom. The number of amides is 1. The van der Waals surface area contributed by atoms with Gasteiger partial charge in [-0.25, -0.2) is 0 Å². The fraction of sp³-hybridized carbons (Fsp3) is 0.200. The van der Waals surface area contributed by atoms with E-state index in [4.69, 9.17) is 11.6 Å². The Labute approximate surface area is 146 Å². The minimum Gasteiger partial charge on any atom is -0.352 e. The second kappa shape index (κ2) is 7.02. The quantitative estimate of drug-likeness (QED) is 0.767. The number of aromatic nitrogens is 1. The summed E-state index contributed by atoms with van der Waals surface area (Å²) in [5.41, 5.74) is 4.98. The molecule has 1 N–H and O–H groups in total. The first-order chi connectivity index (χ1) is 11.5. The van der Waals surface area contributed by atoms with Crippen molar-refractivity contribution in [1.29, 1.82) is 0 Å². The highest BCUT2D eigenvalue weighted by Crippen LogP contribution is 2.22. The summed E-state index contributed by atoms with van der Waals surface area (Å²) in [6.45, 7) is 4.48. The third-order valence-corrected chi connectivity index (χ3v) is 4.44. The number of hydrogen-bond donors (Lipinski definition) is 1. The summed E-state index contributed by atoms with van der Waals surface area (Å²) >= 11 is 5.97. The van der Waals surface area contributed by atoms with Gasteiger partial charge in [-0.05, 0) is 48.7 Å². The van der Waals surface area contributed by atoms with Crippen molar-refractivity contribution in [3.8, 4) is 0 Å². The lowest BCUT2D eigenvalue weighted by molar-refractivity contribution is -0.120. The van der Waals surface area contributed by atoms with Gasteiger partial charge in [0, 0.05) is 22.6 Å². The van der Waals surface area contributed by atoms with E-state index in [0.717, 1.165) is 33.3 Å². The van der Waals surface area contributed by atoms with Gasteiger partial charge < -0.3 is 5.32 Å². The van der Waals surface area contributed by atoms with Crippen LogP contribution in [0.25, 0.3) is 10.9 Å². The molecule has 0 atom stereocenters. The second-order valence-electron chi connectivity index (χ2n) is 5.90. The SMILES string of the molecule is Cc1nc2ccccc2c(C)c1CC(=O)NCc1cccc(Cl)c1. The summed E-state index contributed by atoms with van der Waals surface area (Å²) in [5, 5.41) is 4.72. The van der Waals surface area contributed by atoms with Crippen molar-refractivity contribution in [3.63, 3.8) is 0 Å². The van der Waals surface area contributed by atoms with Gasteiger partial charge >= 0.3 is 0 Å². The van der Waals surface area contributed by atoms with E-state index in [-0.39, 0.29) is 5.91 Å². The van der Waals surface area contributed by atoms with Crippen LogP contribution in [0.4, 0.5) is 0 Å². The summed E-state index contributed by atoms with van der Waals surface area (Å²) in [4.78, 5) is 17.0. The van der Waals surface area contributed by atoms with Crippen molar-refractivity contribution in [1.82, 2.24) is 10.3 Å². The molecule has 0 saturated heterocycles. The number of nitrogens with zero attached hydrogens (tertiary/aromatic N) is 1. The average molecular weight is 339 g/mol. The van der Waals surface area contributed by atoms with E-state index >= 15 is 0 Å². The molecule has 1 aromatic heterocycles. The number of pyridine rings is 1. The monoisotopic (exact) mass is 338 g/mol. The average Bonchev–Trinajstić information content (AvgIpc) is 2.57. The van der Waals surface area contributed by atoms with Crippen LogP contribution in [-0.4, -0.2) is 10.9 Å². The Bertz CT molecular complexity index is 905. The van der Waals surface area contributed by atoms with Crippen LogP contribution in [0.15, 0.2) is 48.5 Å². The van der Waals surface area contributed by atoms with Crippen LogP contribution in [0.5, 0.6) is 0 Å². The topological polar surface area (TPSA) is 42.0 Å². The minimum absolute atomic E-state index is 0.0155. The van der Waals surface area contributed by atoms with Crippen LogP contribution in [0.3, 0.4) is 0 Å². The molecule has 24 heavy (non-hydrogen) atoms. The van der Waals surface area contributed by atoms with E-state index in [1.165, 1.54) is 0 Å².